The molecule has 6 atom stereocenters. The summed E-state index contributed by atoms with van der Waals surface area (Å²) in [4.78, 5) is 49.5. The smallest absolute Gasteiger partial charge is 0.407 e. The van der Waals surface area contributed by atoms with Gasteiger partial charge in [-0.05, 0) is 76.0 Å². The third-order valence-corrected chi connectivity index (χ3v) is 13.7. The molecule has 4 bridgehead atoms. The number of carbonyl (C=O) groups excluding carboxylic acids is 4. The third-order valence-electron chi connectivity index (χ3n) is 13.7. The highest BCUT2D eigenvalue weighted by molar-refractivity contribution is 6.03. The number of alkyl carbamates (subject to hydrolysis) is 2. The molecule has 8 fully saturated rings. The number of aliphatic hydroxyl groups excluding tert-OH is 2. The van der Waals surface area contributed by atoms with Gasteiger partial charge in [0.25, 0.3) is 24.7 Å². The van der Waals surface area contributed by atoms with Gasteiger partial charge in [0.05, 0.1) is 12.2 Å². The minimum absolute atomic E-state index is 0.0836. The molecule has 0 aliphatic heterocycles. The van der Waals surface area contributed by atoms with Crippen LogP contribution in [-0.4, -0.2) is 136 Å². The lowest BCUT2D eigenvalue weighted by Gasteiger charge is -2.61. The number of nitrogens with one attached hydrogen (secondary N) is 6. The molecule has 0 aromatic carbocycles. The Labute approximate surface area is 384 Å². The van der Waals surface area contributed by atoms with Gasteiger partial charge in [-0.1, -0.05) is 0 Å². The van der Waals surface area contributed by atoms with E-state index < -0.39 is 74.5 Å². The number of aryl methyl sites for hydroxylation is 2. The summed E-state index contributed by atoms with van der Waals surface area (Å²) in [6.07, 6.45) is -1.50. The number of aliphatic hydroxyl groups is 2. The number of amides is 4. The lowest BCUT2D eigenvalue weighted by molar-refractivity contribution is -0.0562. The summed E-state index contributed by atoms with van der Waals surface area (Å²) < 4.78 is 72.3. The molecular weight excluding hydrogens is 909 g/mol. The van der Waals surface area contributed by atoms with Gasteiger partial charge < -0.3 is 50.4 Å². The van der Waals surface area contributed by atoms with E-state index in [1.165, 1.54) is 35.6 Å². The topological polar surface area (TPSA) is 287 Å². The van der Waals surface area contributed by atoms with Crippen molar-refractivity contribution in [3.05, 3.63) is 47.0 Å². The molecule has 4 aromatic rings. The summed E-state index contributed by atoms with van der Waals surface area (Å²) in [6, 6.07) is 5.81. The van der Waals surface area contributed by atoms with Crippen LogP contribution in [0.15, 0.2) is 24.3 Å². The highest BCUT2D eigenvalue weighted by Crippen LogP contribution is 2.57. The summed E-state index contributed by atoms with van der Waals surface area (Å²) in [6.45, 7) is -1.64. The number of anilines is 2. The predicted molar refractivity (Wildman–Crippen MR) is 225 cm³/mol. The predicted octanol–water partition coefficient (Wildman–Crippen LogP) is 3.85. The van der Waals surface area contributed by atoms with Gasteiger partial charge in [0.1, 0.15) is 23.6 Å². The summed E-state index contributed by atoms with van der Waals surface area (Å²) in [7, 11) is 2.98. The minimum atomic E-state index is -2.65. The van der Waals surface area contributed by atoms with Gasteiger partial charge in [-0.3, -0.25) is 29.2 Å². The summed E-state index contributed by atoms with van der Waals surface area (Å²) in [5.74, 6) is 0.438. The zero-order valence-corrected chi connectivity index (χ0v) is 36.9. The second-order valence-corrected chi connectivity index (χ2v) is 18.8. The molecule has 4 aromatic heterocycles. The van der Waals surface area contributed by atoms with Gasteiger partial charge in [-0.15, -0.1) is 10.2 Å². The van der Waals surface area contributed by atoms with Crippen molar-refractivity contribution >= 4 is 35.6 Å². The van der Waals surface area contributed by atoms with Crippen molar-refractivity contribution in [2.24, 2.45) is 25.9 Å². The van der Waals surface area contributed by atoms with Crippen LogP contribution < -0.4 is 30.7 Å². The second kappa shape index (κ2) is 18.6. The van der Waals surface area contributed by atoms with Crippen LogP contribution in [0.25, 0.3) is 0 Å². The first kappa shape index (κ1) is 46.7. The van der Waals surface area contributed by atoms with Crippen molar-refractivity contribution in [3.8, 4) is 11.8 Å². The number of hydrogen-bond acceptors (Lipinski definition) is 14. The lowest BCUT2D eigenvalue weighted by atomic mass is 9.50. The Morgan fingerprint density at radius 2 is 1.04 bits per heavy atom. The van der Waals surface area contributed by atoms with Gasteiger partial charge in [0, 0.05) is 72.7 Å². The Morgan fingerprint density at radius 1 is 0.662 bits per heavy atom. The average molecular weight is 961 g/mol. The molecule has 0 radical (unpaired) electrons. The highest BCUT2D eigenvalue weighted by Gasteiger charge is 2.59. The number of alkyl halides is 4. The minimum Gasteiger partial charge on any atom is -0.471 e. The lowest BCUT2D eigenvalue weighted by Crippen LogP contribution is -2.68. The number of carbonyl (C=O) groups is 4. The number of H-pyrrole nitrogens is 2. The van der Waals surface area contributed by atoms with Gasteiger partial charge >= 0.3 is 12.2 Å². The van der Waals surface area contributed by atoms with Gasteiger partial charge in [-0.2, -0.15) is 10.2 Å². The Balaban J connectivity index is 0.000000170. The first-order valence-corrected chi connectivity index (χ1v) is 22.4. The van der Waals surface area contributed by atoms with Gasteiger partial charge in [0.2, 0.25) is 11.8 Å². The fraction of sp³-hybridized carbons (Fsp3) is 0.619. The Hall–Kier alpha value is -6.44. The van der Waals surface area contributed by atoms with Crippen LogP contribution >= 0.6 is 0 Å². The SMILES string of the molecule is Cn1nc(OCC(F)F)cc1C(=O)Nc1cc([C@@H]2C[C@H](O)[C@H](OC(=O)NC34CC(C3)C4)C2)[nH]n1.Cn1nc(OCC(F)F)cc1C(=O)Nc1cc([C@H]2C[C@@H](O)[C@@H](OC(=O)NC34CC(C3)C4)C2)[nH]n1. The second-order valence-electron chi connectivity index (χ2n) is 18.8. The van der Waals surface area contributed by atoms with E-state index in [9.17, 15) is 47.0 Å². The van der Waals surface area contributed by atoms with Crippen molar-refractivity contribution in [1.82, 2.24) is 50.6 Å². The van der Waals surface area contributed by atoms with E-state index in [-0.39, 0.29) is 57.7 Å². The molecule has 12 rings (SSSR count). The van der Waals surface area contributed by atoms with Crippen molar-refractivity contribution in [2.45, 2.75) is 124 Å². The molecule has 0 saturated heterocycles. The molecule has 26 heteroatoms. The maximum atomic E-state index is 12.6. The van der Waals surface area contributed by atoms with E-state index in [0.717, 1.165) is 50.4 Å². The van der Waals surface area contributed by atoms with Crippen LogP contribution in [0.1, 0.15) is 108 Å². The van der Waals surface area contributed by atoms with Crippen LogP contribution in [0.4, 0.5) is 38.8 Å². The van der Waals surface area contributed by atoms with E-state index in [2.05, 4.69) is 51.9 Å². The van der Waals surface area contributed by atoms with Crippen LogP contribution in [0.2, 0.25) is 0 Å². The molecule has 4 amide bonds. The molecule has 8 aliphatic carbocycles. The number of ether oxygens (including phenoxy) is 4. The summed E-state index contributed by atoms with van der Waals surface area (Å²) >= 11 is 0. The van der Waals surface area contributed by atoms with Crippen molar-refractivity contribution in [3.63, 3.8) is 0 Å². The third kappa shape index (κ3) is 10.2. The Kier molecular flexibility index (Phi) is 12.7. The number of rotatable bonds is 16. The highest BCUT2D eigenvalue weighted by atomic mass is 19.3. The molecule has 68 heavy (non-hydrogen) atoms. The molecule has 22 nitrogen and oxygen atoms in total. The Bertz CT molecular complexity index is 2310. The largest absolute Gasteiger partial charge is 0.471 e. The molecule has 8 N–H and O–H groups in total. The number of aromatic amines is 2. The van der Waals surface area contributed by atoms with Crippen molar-refractivity contribution < 1.29 is 65.9 Å². The van der Waals surface area contributed by atoms with Crippen LogP contribution in [-0.2, 0) is 23.6 Å². The average Bonchev–Trinajstić information content (AvgIpc) is 4.09. The maximum Gasteiger partial charge on any atom is 0.407 e. The first-order chi connectivity index (χ1) is 32.4. The first-order valence-electron chi connectivity index (χ1n) is 22.4. The van der Waals surface area contributed by atoms with E-state index in [1.54, 1.807) is 12.1 Å². The van der Waals surface area contributed by atoms with Crippen molar-refractivity contribution in [2.75, 3.05) is 23.8 Å². The normalized spacial score (nSPS) is 29.3. The number of halogens is 4. The number of aromatic nitrogens is 8. The molecule has 8 aliphatic rings. The van der Waals surface area contributed by atoms with Crippen LogP contribution in [0.3, 0.4) is 0 Å². The van der Waals surface area contributed by atoms with E-state index in [0.29, 0.717) is 37.1 Å². The van der Waals surface area contributed by atoms with E-state index in [1.807, 2.05) is 0 Å². The summed E-state index contributed by atoms with van der Waals surface area (Å²) in [5.41, 5.74) is 1.40. The van der Waals surface area contributed by atoms with Crippen LogP contribution in [0, 0.1) is 11.8 Å². The van der Waals surface area contributed by atoms with Crippen molar-refractivity contribution in [1.29, 1.82) is 0 Å². The zero-order chi connectivity index (χ0) is 48.1. The van der Waals surface area contributed by atoms with Gasteiger partial charge in [-0.25, -0.2) is 27.2 Å². The maximum absolute atomic E-state index is 12.6. The quantitative estimate of drug-likeness (QED) is 0.0741. The fourth-order valence-corrected chi connectivity index (χ4v) is 10.1. The van der Waals surface area contributed by atoms with E-state index in [4.69, 9.17) is 18.9 Å². The summed E-state index contributed by atoms with van der Waals surface area (Å²) in [5, 5.41) is 53.5. The standard InChI is InChI=1S/2C21H26F2N6O5/c2*1-29-13(5-18(28-29)33-9-16(22)23)19(31)24-17-4-12(26-27-17)11-2-14(30)15(3-11)34-20(32)25-21-6-10(7-21)8-21/h2*4-5,10-11,14-16,30H,2-3,6-9H2,1H3,(H,25,32)(H2,24,26,27,31)/t2*10?,11-,14+,15-,21?/m10/s1. The fourth-order valence-electron chi connectivity index (χ4n) is 10.1. The molecular formula is C42H52F4N12O10. The number of nitrogens with zero attached hydrogens (tertiary/aromatic N) is 6. The molecule has 368 valence electrons. The van der Waals surface area contributed by atoms with Gasteiger partial charge in [0.15, 0.2) is 24.8 Å². The number of hydrogen-bond donors (Lipinski definition) is 8. The van der Waals surface area contributed by atoms with E-state index >= 15 is 0 Å². The monoisotopic (exact) mass is 960 g/mol. The molecule has 0 spiro atoms. The Morgan fingerprint density at radius 3 is 1.38 bits per heavy atom. The molecule has 4 heterocycles. The zero-order valence-electron chi connectivity index (χ0n) is 36.9. The molecule has 8 saturated carbocycles. The van der Waals surface area contributed by atoms with Crippen LogP contribution in [0.5, 0.6) is 11.8 Å². The molecule has 0 unspecified atom stereocenters.